The van der Waals surface area contributed by atoms with Crippen molar-refractivity contribution in [3.63, 3.8) is 0 Å². The summed E-state index contributed by atoms with van der Waals surface area (Å²) in [5.41, 5.74) is 3.87. The van der Waals surface area contributed by atoms with Gasteiger partial charge in [0.05, 0.1) is 4.90 Å². The van der Waals surface area contributed by atoms with Gasteiger partial charge in [-0.1, -0.05) is 37.6 Å². The van der Waals surface area contributed by atoms with Gasteiger partial charge in [0, 0.05) is 24.8 Å². The van der Waals surface area contributed by atoms with E-state index in [9.17, 15) is 18.0 Å². The number of amides is 2. The molecule has 7 nitrogen and oxygen atoms in total. The Hall–Kier alpha value is -2.71. The van der Waals surface area contributed by atoms with Gasteiger partial charge < -0.3 is 10.2 Å². The predicted octanol–water partition coefficient (Wildman–Crippen LogP) is 3.54. The Balaban J connectivity index is 1.89. The van der Waals surface area contributed by atoms with Crippen molar-refractivity contribution < 1.29 is 18.0 Å². The SMILES string of the molecule is CC(=O)N1CCc2c1cccc2S(=O)(=O)NC(CC(C)C)C(=O)Nc1ccc(C)cc1C. The maximum Gasteiger partial charge on any atom is 0.242 e. The number of anilines is 2. The smallest absolute Gasteiger partial charge is 0.242 e. The molecule has 2 aromatic carbocycles. The molecule has 1 aliphatic rings. The second-order valence-electron chi connectivity index (χ2n) is 8.79. The lowest BCUT2D eigenvalue weighted by Crippen LogP contribution is -2.44. The van der Waals surface area contributed by atoms with E-state index in [1.54, 1.807) is 17.0 Å². The van der Waals surface area contributed by atoms with Crippen molar-refractivity contribution in [1.82, 2.24) is 4.72 Å². The molecule has 1 aliphatic heterocycles. The Morgan fingerprint density at radius 2 is 1.84 bits per heavy atom. The van der Waals surface area contributed by atoms with Crippen molar-refractivity contribution in [2.45, 2.75) is 58.4 Å². The molecule has 3 rings (SSSR count). The van der Waals surface area contributed by atoms with E-state index in [0.717, 1.165) is 11.1 Å². The van der Waals surface area contributed by atoms with Gasteiger partial charge in [-0.2, -0.15) is 4.72 Å². The third kappa shape index (κ3) is 5.19. The zero-order valence-electron chi connectivity index (χ0n) is 19.2. The molecule has 172 valence electrons. The van der Waals surface area contributed by atoms with Crippen molar-refractivity contribution in [2.75, 3.05) is 16.8 Å². The third-order valence-corrected chi connectivity index (χ3v) is 7.17. The van der Waals surface area contributed by atoms with Crippen molar-refractivity contribution in [2.24, 2.45) is 5.92 Å². The van der Waals surface area contributed by atoms with Gasteiger partial charge in [0.25, 0.3) is 0 Å². The summed E-state index contributed by atoms with van der Waals surface area (Å²) in [5.74, 6) is -0.425. The molecule has 8 heteroatoms. The summed E-state index contributed by atoms with van der Waals surface area (Å²) >= 11 is 0. The zero-order chi connectivity index (χ0) is 23.6. The summed E-state index contributed by atoms with van der Waals surface area (Å²) in [5, 5.41) is 2.87. The van der Waals surface area contributed by atoms with Crippen LogP contribution in [0.5, 0.6) is 0 Å². The zero-order valence-corrected chi connectivity index (χ0v) is 20.0. The van der Waals surface area contributed by atoms with E-state index in [0.29, 0.717) is 36.3 Å². The van der Waals surface area contributed by atoms with Crippen molar-refractivity contribution in [1.29, 1.82) is 0 Å². The Morgan fingerprint density at radius 1 is 1.12 bits per heavy atom. The molecule has 0 saturated carbocycles. The molecular weight excluding hydrogens is 426 g/mol. The fourth-order valence-electron chi connectivity index (χ4n) is 4.09. The minimum absolute atomic E-state index is 0.0993. The molecule has 0 fully saturated rings. The highest BCUT2D eigenvalue weighted by atomic mass is 32.2. The molecule has 1 atom stereocenters. The Morgan fingerprint density at radius 3 is 2.47 bits per heavy atom. The van der Waals surface area contributed by atoms with E-state index in [-0.39, 0.29) is 16.7 Å². The van der Waals surface area contributed by atoms with Gasteiger partial charge in [-0.05, 0) is 61.9 Å². The van der Waals surface area contributed by atoms with Gasteiger partial charge in [0.15, 0.2) is 0 Å². The lowest BCUT2D eigenvalue weighted by atomic mass is 10.0. The van der Waals surface area contributed by atoms with Gasteiger partial charge in [-0.15, -0.1) is 0 Å². The van der Waals surface area contributed by atoms with Crippen LogP contribution in [0.1, 0.15) is 43.9 Å². The molecule has 2 N–H and O–H groups in total. The van der Waals surface area contributed by atoms with E-state index in [2.05, 4.69) is 10.0 Å². The van der Waals surface area contributed by atoms with Crippen molar-refractivity contribution in [3.05, 3.63) is 53.1 Å². The molecular formula is C24H31N3O4S. The number of nitrogens with zero attached hydrogens (tertiary/aromatic N) is 1. The maximum absolute atomic E-state index is 13.3. The summed E-state index contributed by atoms with van der Waals surface area (Å²) < 4.78 is 29.3. The topological polar surface area (TPSA) is 95.6 Å². The number of benzene rings is 2. The number of hydrogen-bond donors (Lipinski definition) is 2. The van der Waals surface area contributed by atoms with Crippen molar-refractivity contribution >= 4 is 33.2 Å². The van der Waals surface area contributed by atoms with Gasteiger partial charge in [0.2, 0.25) is 21.8 Å². The second kappa shape index (κ2) is 9.42. The molecule has 32 heavy (non-hydrogen) atoms. The maximum atomic E-state index is 13.3. The highest BCUT2D eigenvalue weighted by molar-refractivity contribution is 7.89. The number of sulfonamides is 1. The number of aryl methyl sites for hydroxylation is 2. The molecule has 0 bridgehead atoms. The molecule has 1 unspecified atom stereocenters. The number of rotatable bonds is 7. The largest absolute Gasteiger partial charge is 0.324 e. The molecule has 0 radical (unpaired) electrons. The second-order valence-corrected chi connectivity index (χ2v) is 10.5. The first-order valence-electron chi connectivity index (χ1n) is 10.8. The minimum atomic E-state index is -3.98. The fourth-order valence-corrected chi connectivity index (χ4v) is 5.58. The molecule has 2 aromatic rings. The lowest BCUT2D eigenvalue weighted by Gasteiger charge is -2.22. The highest BCUT2D eigenvalue weighted by Gasteiger charge is 2.32. The summed E-state index contributed by atoms with van der Waals surface area (Å²) in [6.45, 7) is 9.66. The molecule has 0 aliphatic carbocycles. The van der Waals surface area contributed by atoms with Gasteiger partial charge >= 0.3 is 0 Å². The van der Waals surface area contributed by atoms with Crippen LogP contribution in [0.15, 0.2) is 41.3 Å². The van der Waals surface area contributed by atoms with Crippen LogP contribution in [0.4, 0.5) is 11.4 Å². The average Bonchev–Trinajstić information content (AvgIpc) is 3.13. The van der Waals surface area contributed by atoms with Crippen molar-refractivity contribution in [3.8, 4) is 0 Å². The summed E-state index contributed by atoms with van der Waals surface area (Å²) in [4.78, 5) is 26.7. The predicted molar refractivity (Wildman–Crippen MR) is 126 cm³/mol. The van der Waals surface area contributed by atoms with Crippen LogP contribution < -0.4 is 14.9 Å². The van der Waals surface area contributed by atoms with Crippen LogP contribution in [0.2, 0.25) is 0 Å². The van der Waals surface area contributed by atoms with E-state index in [4.69, 9.17) is 0 Å². The summed E-state index contributed by atoms with van der Waals surface area (Å²) in [6, 6.07) is 9.66. The monoisotopic (exact) mass is 457 g/mol. The molecule has 0 spiro atoms. The van der Waals surface area contributed by atoms with Crippen LogP contribution in [-0.4, -0.2) is 32.8 Å². The van der Waals surface area contributed by atoms with Gasteiger partial charge in [-0.3, -0.25) is 9.59 Å². The number of nitrogens with one attached hydrogen (secondary N) is 2. The molecule has 2 amide bonds. The number of hydrogen-bond acceptors (Lipinski definition) is 4. The first kappa shape index (κ1) is 23.9. The van der Waals surface area contributed by atoms with E-state index in [1.165, 1.54) is 13.0 Å². The highest BCUT2D eigenvalue weighted by Crippen LogP contribution is 2.33. The standard InChI is InChI=1S/C24H31N3O4S/c1-15(2)13-21(24(29)25-20-10-9-16(3)14-17(20)4)26-32(30,31)23-8-6-7-22-19(23)11-12-27(22)18(5)28/h6-10,14-15,21,26H,11-13H2,1-5H3,(H,25,29). The Bertz CT molecular complexity index is 1140. The third-order valence-electron chi connectivity index (χ3n) is 5.61. The van der Waals surface area contributed by atoms with Crippen LogP contribution in [0, 0.1) is 19.8 Å². The number of carbonyl (C=O) groups is 2. The summed E-state index contributed by atoms with van der Waals surface area (Å²) in [7, 11) is -3.98. The van der Waals surface area contributed by atoms with Crippen LogP contribution in [0.3, 0.4) is 0 Å². The molecule has 0 aromatic heterocycles. The minimum Gasteiger partial charge on any atom is -0.324 e. The first-order chi connectivity index (χ1) is 15.0. The Kier molecular flexibility index (Phi) is 7.05. The molecule has 1 heterocycles. The molecule has 0 saturated heterocycles. The lowest BCUT2D eigenvalue weighted by molar-refractivity contribution is -0.118. The summed E-state index contributed by atoms with van der Waals surface area (Å²) in [6.07, 6.45) is 0.806. The van der Waals surface area contributed by atoms with E-state index in [1.807, 2.05) is 45.9 Å². The van der Waals surface area contributed by atoms with E-state index >= 15 is 0 Å². The van der Waals surface area contributed by atoms with E-state index < -0.39 is 22.0 Å². The van der Waals surface area contributed by atoms with Gasteiger partial charge in [0.1, 0.15) is 6.04 Å². The van der Waals surface area contributed by atoms with Gasteiger partial charge in [-0.25, -0.2) is 8.42 Å². The Labute approximate surface area is 190 Å². The van der Waals surface area contributed by atoms with Crippen LogP contribution >= 0.6 is 0 Å². The van der Waals surface area contributed by atoms with Crippen LogP contribution in [-0.2, 0) is 26.0 Å². The number of carbonyl (C=O) groups excluding carboxylic acids is 2. The van der Waals surface area contributed by atoms with Crippen LogP contribution in [0.25, 0.3) is 0 Å². The first-order valence-corrected chi connectivity index (χ1v) is 12.3. The number of fused-ring (bicyclic) bond motifs is 1. The normalized spacial score (nSPS) is 14.4. The quantitative estimate of drug-likeness (QED) is 0.665. The fraction of sp³-hybridized carbons (Fsp3) is 0.417. The average molecular weight is 458 g/mol.